The van der Waals surface area contributed by atoms with Crippen LogP contribution in [0.2, 0.25) is 0 Å². The lowest BCUT2D eigenvalue weighted by Crippen LogP contribution is -2.55. The quantitative estimate of drug-likeness (QED) is 0.836. The van der Waals surface area contributed by atoms with Gasteiger partial charge in [-0.05, 0) is 49.9 Å². The first kappa shape index (κ1) is 16.1. The molecule has 0 saturated carbocycles. The largest absolute Gasteiger partial charge is 0.368 e. The molecule has 5 heteroatoms. The molecule has 0 radical (unpaired) electrons. The fraction of sp³-hybridized carbons (Fsp3) is 0.611. The topological polar surface area (TPSA) is 26.8 Å². The van der Waals surface area contributed by atoms with Crippen molar-refractivity contribution in [3.63, 3.8) is 0 Å². The van der Waals surface area contributed by atoms with E-state index in [1.165, 1.54) is 18.6 Å². The van der Waals surface area contributed by atoms with Crippen molar-refractivity contribution in [3.8, 4) is 0 Å². The Bertz CT molecular complexity index is 526. The Morgan fingerprint density at radius 3 is 2.43 bits per heavy atom. The van der Waals surface area contributed by atoms with E-state index in [-0.39, 0.29) is 11.8 Å². The number of likely N-dealkylation sites (tertiary alicyclic amines) is 1. The number of carbonyl (C=O) groups excluding carboxylic acids is 1. The molecule has 1 atom stereocenters. The summed E-state index contributed by atoms with van der Waals surface area (Å²) in [6.45, 7) is 6.16. The molecule has 0 aromatic heterocycles. The minimum Gasteiger partial charge on any atom is -0.368 e. The Morgan fingerprint density at radius 1 is 1.09 bits per heavy atom. The lowest BCUT2D eigenvalue weighted by atomic mass is 10.0. The van der Waals surface area contributed by atoms with Crippen LogP contribution in [0, 0.1) is 5.82 Å². The van der Waals surface area contributed by atoms with E-state index in [2.05, 4.69) is 16.7 Å². The van der Waals surface area contributed by atoms with Crippen molar-refractivity contribution in [1.29, 1.82) is 0 Å². The lowest BCUT2D eigenvalue weighted by Gasteiger charge is -2.42. The van der Waals surface area contributed by atoms with Gasteiger partial charge in [0.25, 0.3) is 0 Å². The molecule has 1 aromatic carbocycles. The predicted octanol–water partition coefficient (Wildman–Crippen LogP) is 3.33. The first-order valence-electron chi connectivity index (χ1n) is 8.75. The standard InChI is InChI=1S/C18H26FN3O/c1-2-16-5-3-4-10-22(16)18(23)21-13-11-20(12-14-21)17-8-6-15(19)7-9-17/h6-9,16H,2-5,10-14H2,1H3. The van der Waals surface area contributed by atoms with Crippen LogP contribution in [0.25, 0.3) is 0 Å². The van der Waals surface area contributed by atoms with Gasteiger partial charge in [-0.25, -0.2) is 9.18 Å². The van der Waals surface area contributed by atoms with Gasteiger partial charge < -0.3 is 14.7 Å². The molecule has 2 aliphatic rings. The minimum absolute atomic E-state index is 0.204. The maximum Gasteiger partial charge on any atom is 0.320 e. The van der Waals surface area contributed by atoms with E-state index >= 15 is 0 Å². The van der Waals surface area contributed by atoms with Crippen LogP contribution in [0.4, 0.5) is 14.9 Å². The van der Waals surface area contributed by atoms with Crippen LogP contribution in [-0.2, 0) is 0 Å². The van der Waals surface area contributed by atoms with Crippen molar-refractivity contribution in [2.45, 2.75) is 38.6 Å². The molecule has 4 nitrogen and oxygen atoms in total. The number of carbonyl (C=O) groups is 1. The maximum atomic E-state index is 13.0. The van der Waals surface area contributed by atoms with Gasteiger partial charge in [-0.1, -0.05) is 6.92 Å². The molecule has 2 aliphatic heterocycles. The van der Waals surface area contributed by atoms with E-state index < -0.39 is 0 Å². The van der Waals surface area contributed by atoms with Crippen LogP contribution in [0.1, 0.15) is 32.6 Å². The number of piperidine rings is 1. The highest BCUT2D eigenvalue weighted by Gasteiger charge is 2.30. The minimum atomic E-state index is -0.210. The van der Waals surface area contributed by atoms with E-state index in [1.54, 1.807) is 0 Å². The summed E-state index contributed by atoms with van der Waals surface area (Å²) in [4.78, 5) is 19.1. The molecule has 23 heavy (non-hydrogen) atoms. The Balaban J connectivity index is 1.57. The number of halogens is 1. The Hall–Kier alpha value is -1.78. The lowest BCUT2D eigenvalue weighted by molar-refractivity contribution is 0.111. The van der Waals surface area contributed by atoms with Gasteiger partial charge in [0.1, 0.15) is 5.82 Å². The Kier molecular flexibility index (Phi) is 5.03. The van der Waals surface area contributed by atoms with Crippen LogP contribution in [0.3, 0.4) is 0 Å². The van der Waals surface area contributed by atoms with E-state index in [4.69, 9.17) is 0 Å². The summed E-state index contributed by atoms with van der Waals surface area (Å²) in [6, 6.07) is 7.22. The number of nitrogens with zero attached hydrogens (tertiary/aromatic N) is 3. The molecule has 3 rings (SSSR count). The molecule has 2 fully saturated rings. The highest BCUT2D eigenvalue weighted by molar-refractivity contribution is 5.75. The third-order valence-corrected chi connectivity index (χ3v) is 5.09. The Labute approximate surface area is 137 Å². The number of hydrogen-bond donors (Lipinski definition) is 0. The molecular formula is C18H26FN3O. The van der Waals surface area contributed by atoms with Gasteiger partial charge in [-0.15, -0.1) is 0 Å². The second-order valence-electron chi connectivity index (χ2n) is 6.48. The smallest absolute Gasteiger partial charge is 0.320 e. The normalized spacial score (nSPS) is 22.3. The zero-order chi connectivity index (χ0) is 16.2. The zero-order valence-corrected chi connectivity index (χ0v) is 13.9. The van der Waals surface area contributed by atoms with Gasteiger partial charge >= 0.3 is 6.03 Å². The Morgan fingerprint density at radius 2 is 1.78 bits per heavy atom. The predicted molar refractivity (Wildman–Crippen MR) is 90.2 cm³/mol. The number of urea groups is 1. The van der Waals surface area contributed by atoms with Crippen molar-refractivity contribution in [1.82, 2.24) is 9.80 Å². The van der Waals surface area contributed by atoms with E-state index in [0.29, 0.717) is 6.04 Å². The SMILES string of the molecule is CCC1CCCCN1C(=O)N1CCN(c2ccc(F)cc2)CC1. The van der Waals surface area contributed by atoms with Crippen LogP contribution in [0.5, 0.6) is 0 Å². The number of rotatable bonds is 2. The molecule has 0 N–H and O–H groups in total. The van der Waals surface area contributed by atoms with Gasteiger partial charge in [0, 0.05) is 44.5 Å². The average molecular weight is 319 g/mol. The van der Waals surface area contributed by atoms with Gasteiger partial charge in [0.05, 0.1) is 0 Å². The molecule has 0 spiro atoms. The van der Waals surface area contributed by atoms with Crippen molar-refractivity contribution in [3.05, 3.63) is 30.1 Å². The van der Waals surface area contributed by atoms with E-state index in [1.807, 2.05) is 17.0 Å². The molecule has 2 saturated heterocycles. The molecule has 2 amide bonds. The summed E-state index contributed by atoms with van der Waals surface area (Å²) < 4.78 is 13.0. The second-order valence-corrected chi connectivity index (χ2v) is 6.48. The van der Waals surface area contributed by atoms with Crippen LogP contribution in [0.15, 0.2) is 24.3 Å². The number of benzene rings is 1. The number of amides is 2. The van der Waals surface area contributed by atoms with Gasteiger partial charge in [-0.3, -0.25) is 0 Å². The summed E-state index contributed by atoms with van der Waals surface area (Å²) in [5.74, 6) is -0.210. The monoisotopic (exact) mass is 319 g/mol. The van der Waals surface area contributed by atoms with Gasteiger partial charge in [0.2, 0.25) is 0 Å². The fourth-order valence-corrected chi connectivity index (χ4v) is 3.67. The summed E-state index contributed by atoms with van der Waals surface area (Å²) in [7, 11) is 0. The van der Waals surface area contributed by atoms with E-state index in [9.17, 15) is 9.18 Å². The van der Waals surface area contributed by atoms with Gasteiger partial charge in [0.15, 0.2) is 0 Å². The highest BCUT2D eigenvalue weighted by atomic mass is 19.1. The summed E-state index contributed by atoms with van der Waals surface area (Å²) in [5.41, 5.74) is 1.03. The molecule has 0 bridgehead atoms. The first-order chi connectivity index (χ1) is 11.2. The molecule has 1 unspecified atom stereocenters. The van der Waals surface area contributed by atoms with Crippen LogP contribution in [-0.4, -0.2) is 54.6 Å². The van der Waals surface area contributed by atoms with Crippen molar-refractivity contribution >= 4 is 11.7 Å². The molecule has 2 heterocycles. The highest BCUT2D eigenvalue weighted by Crippen LogP contribution is 2.22. The zero-order valence-electron chi connectivity index (χ0n) is 13.9. The number of hydrogen-bond acceptors (Lipinski definition) is 2. The molecule has 126 valence electrons. The molecule has 1 aromatic rings. The second kappa shape index (κ2) is 7.20. The number of anilines is 1. The van der Waals surface area contributed by atoms with E-state index in [0.717, 1.165) is 57.7 Å². The molecule has 0 aliphatic carbocycles. The maximum absolute atomic E-state index is 13.0. The summed E-state index contributed by atoms with van der Waals surface area (Å²) in [5, 5.41) is 0. The summed E-state index contributed by atoms with van der Waals surface area (Å²) >= 11 is 0. The fourth-order valence-electron chi connectivity index (χ4n) is 3.67. The van der Waals surface area contributed by atoms with Crippen LogP contribution >= 0.6 is 0 Å². The van der Waals surface area contributed by atoms with Crippen molar-refractivity contribution in [2.75, 3.05) is 37.6 Å². The summed E-state index contributed by atoms with van der Waals surface area (Å²) in [6.07, 6.45) is 4.54. The van der Waals surface area contributed by atoms with Crippen molar-refractivity contribution < 1.29 is 9.18 Å². The van der Waals surface area contributed by atoms with Crippen LogP contribution < -0.4 is 4.90 Å². The van der Waals surface area contributed by atoms with Crippen molar-refractivity contribution in [2.24, 2.45) is 0 Å². The average Bonchev–Trinajstić information content (AvgIpc) is 2.62. The van der Waals surface area contributed by atoms with Gasteiger partial charge in [-0.2, -0.15) is 0 Å². The third kappa shape index (κ3) is 3.59. The molecular weight excluding hydrogens is 293 g/mol. The number of piperazine rings is 1. The first-order valence-corrected chi connectivity index (χ1v) is 8.75. The third-order valence-electron chi connectivity index (χ3n) is 5.09.